The maximum Gasteiger partial charge on any atom is 0.306 e. The smallest absolute Gasteiger partial charge is 0.306 e. The molecule has 1 atom stereocenters. The summed E-state index contributed by atoms with van der Waals surface area (Å²) in [5.74, 6) is -1.32. The highest BCUT2D eigenvalue weighted by molar-refractivity contribution is 5.83. The van der Waals surface area contributed by atoms with Gasteiger partial charge in [0.25, 0.3) is 0 Å². The molecule has 1 N–H and O–H groups in total. The molecule has 0 aromatic carbocycles. The molecule has 0 heterocycles. The fourth-order valence-corrected chi connectivity index (χ4v) is 1.63. The molecule has 0 saturated heterocycles. The zero-order valence-electron chi connectivity index (χ0n) is 10.5. The van der Waals surface area contributed by atoms with Crippen molar-refractivity contribution < 1.29 is 14.7 Å². The fraction of sp³-hybridized carbons (Fsp3) is 0.846. The Hall–Kier alpha value is -0.860. The highest BCUT2D eigenvalue weighted by Gasteiger charge is 2.14. The van der Waals surface area contributed by atoms with Crippen LogP contribution in [-0.4, -0.2) is 16.9 Å². The number of carbonyl (C=O) groups is 2. The van der Waals surface area contributed by atoms with Crippen LogP contribution in [0.25, 0.3) is 0 Å². The van der Waals surface area contributed by atoms with Crippen molar-refractivity contribution in [3.8, 4) is 0 Å². The Morgan fingerprint density at radius 3 is 2.19 bits per heavy atom. The van der Waals surface area contributed by atoms with Gasteiger partial charge in [0.15, 0.2) is 0 Å². The zero-order chi connectivity index (χ0) is 12.4. The molecular weight excluding hydrogens is 204 g/mol. The second kappa shape index (κ2) is 9.37. The normalized spacial score (nSPS) is 12.4. The number of rotatable bonds is 10. The Balaban J connectivity index is 3.40. The number of carbonyl (C=O) groups excluding carboxylic acids is 1. The maximum absolute atomic E-state index is 11.4. The van der Waals surface area contributed by atoms with Crippen LogP contribution in [-0.2, 0) is 9.59 Å². The summed E-state index contributed by atoms with van der Waals surface area (Å²) in [6, 6.07) is 0. The van der Waals surface area contributed by atoms with Crippen LogP contribution in [0.3, 0.4) is 0 Å². The number of aliphatic carboxylic acids is 1. The second-order valence-electron chi connectivity index (χ2n) is 4.50. The van der Waals surface area contributed by atoms with Gasteiger partial charge < -0.3 is 5.11 Å². The second-order valence-corrected chi connectivity index (χ2v) is 4.50. The van der Waals surface area contributed by atoms with Crippen molar-refractivity contribution in [1.29, 1.82) is 0 Å². The van der Waals surface area contributed by atoms with Gasteiger partial charge >= 0.3 is 5.97 Å². The molecule has 0 saturated carbocycles. The van der Waals surface area contributed by atoms with Crippen LogP contribution in [0.5, 0.6) is 0 Å². The van der Waals surface area contributed by atoms with E-state index in [4.69, 9.17) is 5.11 Å². The minimum Gasteiger partial charge on any atom is -0.481 e. The average Bonchev–Trinajstić information content (AvgIpc) is 2.23. The lowest BCUT2D eigenvalue weighted by atomic mass is 10.0. The predicted molar refractivity (Wildman–Crippen MR) is 64.4 cm³/mol. The first-order chi connectivity index (χ1) is 7.57. The van der Waals surface area contributed by atoms with E-state index in [0.29, 0.717) is 6.42 Å². The lowest BCUT2D eigenvalue weighted by molar-refractivity contribution is -0.143. The van der Waals surface area contributed by atoms with Crippen molar-refractivity contribution in [3.05, 3.63) is 0 Å². The van der Waals surface area contributed by atoms with Gasteiger partial charge in [-0.15, -0.1) is 0 Å². The summed E-state index contributed by atoms with van der Waals surface area (Å²) in [5, 5.41) is 8.65. The molecule has 0 amide bonds. The summed E-state index contributed by atoms with van der Waals surface area (Å²) in [7, 11) is 0. The molecule has 16 heavy (non-hydrogen) atoms. The van der Waals surface area contributed by atoms with E-state index in [1.807, 2.05) is 0 Å². The summed E-state index contributed by atoms with van der Waals surface area (Å²) in [4.78, 5) is 21.9. The molecule has 94 valence electrons. The van der Waals surface area contributed by atoms with Crippen molar-refractivity contribution in [1.82, 2.24) is 0 Å². The van der Waals surface area contributed by atoms with E-state index in [-0.39, 0.29) is 12.2 Å². The van der Waals surface area contributed by atoms with Crippen molar-refractivity contribution in [2.24, 2.45) is 5.92 Å². The number of Topliss-reactive ketones (excluding diaryl/α,β-unsaturated/α-hetero) is 1. The first-order valence-electron chi connectivity index (χ1n) is 6.32. The van der Waals surface area contributed by atoms with Crippen molar-refractivity contribution >= 4 is 11.8 Å². The summed E-state index contributed by atoms with van der Waals surface area (Å²) >= 11 is 0. The average molecular weight is 228 g/mol. The van der Waals surface area contributed by atoms with E-state index in [2.05, 4.69) is 6.92 Å². The minimum absolute atomic E-state index is 0.0883. The van der Waals surface area contributed by atoms with Gasteiger partial charge in [0.05, 0.1) is 5.92 Å². The van der Waals surface area contributed by atoms with Crippen LogP contribution in [0.2, 0.25) is 0 Å². The number of carboxylic acids is 1. The Morgan fingerprint density at radius 1 is 1.06 bits per heavy atom. The monoisotopic (exact) mass is 228 g/mol. The SMILES string of the molecule is CCCCCCCCC(=O)CC(C)C(=O)O. The van der Waals surface area contributed by atoms with Gasteiger partial charge in [0.1, 0.15) is 5.78 Å². The molecule has 0 bridgehead atoms. The Kier molecular flexibility index (Phi) is 8.87. The Labute approximate surface area is 98.2 Å². The van der Waals surface area contributed by atoms with Crippen LogP contribution in [0.1, 0.15) is 65.2 Å². The Bertz CT molecular complexity index is 211. The van der Waals surface area contributed by atoms with Gasteiger partial charge in [-0.1, -0.05) is 46.0 Å². The summed E-state index contributed by atoms with van der Waals surface area (Å²) in [6.07, 6.45) is 7.67. The van der Waals surface area contributed by atoms with E-state index in [9.17, 15) is 9.59 Å². The molecule has 0 spiro atoms. The van der Waals surface area contributed by atoms with Crippen molar-refractivity contribution in [2.75, 3.05) is 0 Å². The van der Waals surface area contributed by atoms with Crippen LogP contribution in [0, 0.1) is 5.92 Å². The van der Waals surface area contributed by atoms with Gasteiger partial charge in [-0.05, 0) is 6.42 Å². The van der Waals surface area contributed by atoms with E-state index >= 15 is 0 Å². The molecule has 0 aromatic rings. The standard InChI is InChI=1S/C13H24O3/c1-3-4-5-6-7-8-9-12(14)10-11(2)13(15)16/h11H,3-10H2,1-2H3,(H,15,16). The largest absolute Gasteiger partial charge is 0.481 e. The Morgan fingerprint density at radius 2 is 1.62 bits per heavy atom. The molecule has 3 heteroatoms. The van der Waals surface area contributed by atoms with Crippen LogP contribution < -0.4 is 0 Å². The molecule has 0 aliphatic rings. The van der Waals surface area contributed by atoms with Gasteiger partial charge in [0, 0.05) is 12.8 Å². The molecule has 0 aliphatic carbocycles. The topological polar surface area (TPSA) is 54.4 Å². The maximum atomic E-state index is 11.4. The third-order valence-corrected chi connectivity index (χ3v) is 2.76. The van der Waals surface area contributed by atoms with Gasteiger partial charge in [0.2, 0.25) is 0 Å². The summed E-state index contributed by atoms with van der Waals surface area (Å²) in [5.41, 5.74) is 0. The first-order valence-corrected chi connectivity index (χ1v) is 6.32. The third-order valence-electron chi connectivity index (χ3n) is 2.76. The first kappa shape index (κ1) is 15.1. The van der Waals surface area contributed by atoms with Gasteiger partial charge in [-0.3, -0.25) is 9.59 Å². The summed E-state index contributed by atoms with van der Waals surface area (Å²) in [6.45, 7) is 3.76. The molecule has 0 radical (unpaired) electrons. The predicted octanol–water partition coefficient (Wildman–Crippen LogP) is 3.42. The van der Waals surface area contributed by atoms with E-state index < -0.39 is 11.9 Å². The molecule has 0 fully saturated rings. The molecule has 0 aromatic heterocycles. The lowest BCUT2D eigenvalue weighted by Gasteiger charge is -2.05. The third kappa shape index (κ3) is 8.45. The molecular formula is C13H24O3. The molecule has 0 aliphatic heterocycles. The van der Waals surface area contributed by atoms with Crippen molar-refractivity contribution in [3.63, 3.8) is 0 Å². The lowest BCUT2D eigenvalue weighted by Crippen LogP contribution is -2.14. The highest BCUT2D eigenvalue weighted by atomic mass is 16.4. The van der Waals surface area contributed by atoms with Gasteiger partial charge in [-0.25, -0.2) is 0 Å². The number of hydrogen-bond acceptors (Lipinski definition) is 2. The van der Waals surface area contributed by atoms with E-state index in [1.165, 1.54) is 25.7 Å². The molecule has 3 nitrogen and oxygen atoms in total. The number of ketones is 1. The summed E-state index contributed by atoms with van der Waals surface area (Å²) < 4.78 is 0. The molecule has 1 unspecified atom stereocenters. The van der Waals surface area contributed by atoms with E-state index in [1.54, 1.807) is 6.92 Å². The van der Waals surface area contributed by atoms with E-state index in [0.717, 1.165) is 12.8 Å². The quantitative estimate of drug-likeness (QED) is 0.583. The number of hydrogen-bond donors (Lipinski definition) is 1. The van der Waals surface area contributed by atoms with Crippen LogP contribution in [0.15, 0.2) is 0 Å². The molecule has 0 rings (SSSR count). The fourth-order valence-electron chi connectivity index (χ4n) is 1.63. The minimum atomic E-state index is -0.878. The van der Waals surface area contributed by atoms with Crippen molar-refractivity contribution in [2.45, 2.75) is 65.2 Å². The number of carboxylic acid groups (broad SMARTS) is 1. The highest BCUT2D eigenvalue weighted by Crippen LogP contribution is 2.10. The van der Waals surface area contributed by atoms with Crippen LogP contribution >= 0.6 is 0 Å². The zero-order valence-corrected chi connectivity index (χ0v) is 10.5. The number of unbranched alkanes of at least 4 members (excludes halogenated alkanes) is 5. The van der Waals surface area contributed by atoms with Crippen LogP contribution in [0.4, 0.5) is 0 Å². The van der Waals surface area contributed by atoms with Gasteiger partial charge in [-0.2, -0.15) is 0 Å².